The number of amides is 1. The minimum Gasteiger partial charge on any atom is -0.493 e. The third-order valence-electron chi connectivity index (χ3n) is 5.23. The van der Waals surface area contributed by atoms with Crippen LogP contribution in [0.4, 0.5) is 0 Å². The highest BCUT2D eigenvalue weighted by Gasteiger charge is 2.25. The van der Waals surface area contributed by atoms with Crippen LogP contribution >= 0.6 is 23.2 Å². The second kappa shape index (κ2) is 11.4. The fourth-order valence-corrected chi connectivity index (χ4v) is 5.37. The van der Waals surface area contributed by atoms with E-state index in [4.69, 9.17) is 37.4 Å². The van der Waals surface area contributed by atoms with Crippen LogP contribution in [0, 0.1) is 0 Å². The molecule has 3 rings (SSSR count). The van der Waals surface area contributed by atoms with Gasteiger partial charge in [0.15, 0.2) is 11.5 Å². The van der Waals surface area contributed by atoms with Gasteiger partial charge < -0.3 is 19.5 Å². The molecule has 33 heavy (non-hydrogen) atoms. The van der Waals surface area contributed by atoms with Gasteiger partial charge in [-0.1, -0.05) is 29.3 Å². The number of carbonyl (C=O) groups excluding carboxylic acids is 1. The fourth-order valence-electron chi connectivity index (χ4n) is 3.45. The maximum Gasteiger partial charge on any atom is 0.252 e. The van der Waals surface area contributed by atoms with Crippen LogP contribution in [0.1, 0.15) is 28.8 Å². The second-order valence-electron chi connectivity index (χ2n) is 7.44. The normalized spacial score (nSPS) is 15.9. The summed E-state index contributed by atoms with van der Waals surface area (Å²) in [7, 11) is -0.851. The van der Waals surface area contributed by atoms with Gasteiger partial charge in [-0.3, -0.25) is 4.79 Å². The molecule has 0 spiro atoms. The Balaban J connectivity index is 1.67. The highest BCUT2D eigenvalue weighted by molar-refractivity contribution is 7.89. The Morgan fingerprint density at radius 3 is 2.55 bits per heavy atom. The molecule has 1 amide bonds. The van der Waals surface area contributed by atoms with Gasteiger partial charge in [0, 0.05) is 19.7 Å². The van der Waals surface area contributed by atoms with Crippen molar-refractivity contribution >= 4 is 39.1 Å². The molecule has 1 heterocycles. The summed E-state index contributed by atoms with van der Waals surface area (Å²) in [6.07, 6.45) is 2.02. The highest BCUT2D eigenvalue weighted by Crippen LogP contribution is 2.29. The van der Waals surface area contributed by atoms with Crippen molar-refractivity contribution in [1.82, 2.24) is 10.0 Å². The number of hydrogen-bond acceptors (Lipinski definition) is 6. The lowest BCUT2D eigenvalue weighted by atomic mass is 10.1. The van der Waals surface area contributed by atoms with Crippen molar-refractivity contribution in [1.29, 1.82) is 0 Å². The van der Waals surface area contributed by atoms with Crippen LogP contribution in [0.2, 0.25) is 10.0 Å². The van der Waals surface area contributed by atoms with Gasteiger partial charge in [0.1, 0.15) is 4.90 Å². The SMILES string of the molecule is COc1ccc(CCNC(=O)c2cc(S(=O)(=O)NC[C@@H]3CCCO3)c(Cl)cc2Cl)cc1OC. The number of ether oxygens (including phenoxy) is 3. The first-order chi connectivity index (χ1) is 15.7. The van der Waals surface area contributed by atoms with E-state index in [9.17, 15) is 13.2 Å². The fraction of sp³-hybridized carbons (Fsp3) is 0.409. The van der Waals surface area contributed by atoms with Crippen LogP contribution in [-0.4, -0.2) is 54.3 Å². The summed E-state index contributed by atoms with van der Waals surface area (Å²) in [6.45, 7) is 1.04. The van der Waals surface area contributed by atoms with Crippen molar-refractivity contribution in [2.45, 2.75) is 30.3 Å². The first-order valence-electron chi connectivity index (χ1n) is 10.3. The summed E-state index contributed by atoms with van der Waals surface area (Å²) in [4.78, 5) is 12.5. The van der Waals surface area contributed by atoms with Gasteiger partial charge in [-0.15, -0.1) is 0 Å². The quantitative estimate of drug-likeness (QED) is 0.501. The molecule has 0 bridgehead atoms. The molecule has 1 aliphatic heterocycles. The van der Waals surface area contributed by atoms with Crippen LogP contribution in [-0.2, 0) is 21.2 Å². The van der Waals surface area contributed by atoms with Crippen LogP contribution in [0.3, 0.4) is 0 Å². The summed E-state index contributed by atoms with van der Waals surface area (Å²) >= 11 is 12.3. The Kier molecular flexibility index (Phi) is 8.83. The largest absolute Gasteiger partial charge is 0.493 e. The van der Waals surface area contributed by atoms with E-state index in [1.165, 1.54) is 12.1 Å². The molecule has 1 saturated heterocycles. The minimum absolute atomic E-state index is 0.0193. The Bertz CT molecular complexity index is 1100. The standard InChI is InChI=1S/C22H26Cl2N2O6S/c1-30-19-6-5-14(10-20(19)31-2)7-8-25-22(27)16-11-21(18(24)12-17(16)23)33(28,29)26-13-15-4-3-9-32-15/h5-6,10-12,15,26H,3-4,7-9,13H2,1-2H3,(H,25,27)/t15-/m0/s1. The van der Waals surface area contributed by atoms with Crippen molar-refractivity contribution in [2.24, 2.45) is 0 Å². The molecule has 11 heteroatoms. The molecule has 8 nitrogen and oxygen atoms in total. The molecule has 2 N–H and O–H groups in total. The molecular formula is C22H26Cl2N2O6S. The van der Waals surface area contributed by atoms with E-state index >= 15 is 0 Å². The Morgan fingerprint density at radius 2 is 1.88 bits per heavy atom. The van der Waals surface area contributed by atoms with E-state index < -0.39 is 15.9 Å². The van der Waals surface area contributed by atoms with Crippen LogP contribution in [0.5, 0.6) is 11.5 Å². The van der Waals surface area contributed by atoms with Gasteiger partial charge in [-0.2, -0.15) is 0 Å². The summed E-state index contributed by atoms with van der Waals surface area (Å²) in [6, 6.07) is 7.92. The Morgan fingerprint density at radius 1 is 1.12 bits per heavy atom. The molecule has 0 aromatic heterocycles. The first kappa shape index (κ1) is 25.6. The maximum atomic E-state index is 12.8. The molecule has 0 unspecified atom stereocenters. The molecule has 0 saturated carbocycles. The average Bonchev–Trinajstić information content (AvgIpc) is 3.31. The van der Waals surface area contributed by atoms with E-state index in [-0.39, 0.29) is 33.2 Å². The van der Waals surface area contributed by atoms with Crippen molar-refractivity contribution in [3.8, 4) is 11.5 Å². The lowest BCUT2D eigenvalue weighted by Crippen LogP contribution is -2.32. The number of nitrogens with one attached hydrogen (secondary N) is 2. The predicted octanol–water partition coefficient (Wildman–Crippen LogP) is 3.44. The zero-order valence-corrected chi connectivity index (χ0v) is 20.6. The van der Waals surface area contributed by atoms with Crippen LogP contribution < -0.4 is 19.5 Å². The van der Waals surface area contributed by atoms with Gasteiger partial charge in [0.2, 0.25) is 10.0 Å². The van der Waals surface area contributed by atoms with E-state index in [0.717, 1.165) is 18.4 Å². The van der Waals surface area contributed by atoms with E-state index in [1.54, 1.807) is 20.3 Å². The molecule has 2 aromatic carbocycles. The number of hydrogen-bond donors (Lipinski definition) is 2. The van der Waals surface area contributed by atoms with E-state index in [0.29, 0.717) is 31.1 Å². The van der Waals surface area contributed by atoms with Gasteiger partial charge in [-0.25, -0.2) is 13.1 Å². The number of carbonyl (C=O) groups is 1. The third kappa shape index (κ3) is 6.51. The molecule has 0 radical (unpaired) electrons. The first-order valence-corrected chi connectivity index (χ1v) is 12.6. The summed E-state index contributed by atoms with van der Waals surface area (Å²) in [5.74, 6) is 0.695. The Hall–Kier alpha value is -2.04. The topological polar surface area (TPSA) is 103 Å². The van der Waals surface area contributed by atoms with E-state index in [1.807, 2.05) is 12.1 Å². The van der Waals surface area contributed by atoms with Crippen molar-refractivity contribution in [2.75, 3.05) is 33.9 Å². The van der Waals surface area contributed by atoms with Gasteiger partial charge >= 0.3 is 0 Å². The summed E-state index contributed by atoms with van der Waals surface area (Å²) < 4.78 is 44.0. The molecular weight excluding hydrogens is 491 g/mol. The monoisotopic (exact) mass is 516 g/mol. The lowest BCUT2D eigenvalue weighted by Gasteiger charge is -2.14. The minimum atomic E-state index is -3.96. The summed E-state index contributed by atoms with van der Waals surface area (Å²) in [5, 5.41) is 2.74. The number of sulfonamides is 1. The smallest absolute Gasteiger partial charge is 0.252 e. The summed E-state index contributed by atoms with van der Waals surface area (Å²) in [5.41, 5.74) is 0.947. The molecule has 1 atom stereocenters. The lowest BCUT2D eigenvalue weighted by molar-refractivity contribution is 0.0954. The van der Waals surface area contributed by atoms with Crippen molar-refractivity contribution in [3.05, 3.63) is 51.5 Å². The molecule has 180 valence electrons. The number of rotatable bonds is 10. The third-order valence-corrected chi connectivity index (χ3v) is 7.43. The van der Waals surface area contributed by atoms with Crippen molar-refractivity contribution < 1.29 is 27.4 Å². The number of benzene rings is 2. The van der Waals surface area contributed by atoms with Gasteiger partial charge in [0.05, 0.1) is 35.9 Å². The molecule has 0 aliphatic carbocycles. The number of methoxy groups -OCH3 is 2. The highest BCUT2D eigenvalue weighted by atomic mass is 35.5. The van der Waals surface area contributed by atoms with Gasteiger partial charge in [0.25, 0.3) is 5.91 Å². The molecule has 1 aliphatic rings. The van der Waals surface area contributed by atoms with Gasteiger partial charge in [-0.05, 0) is 49.1 Å². The average molecular weight is 517 g/mol. The van der Waals surface area contributed by atoms with Crippen LogP contribution in [0.25, 0.3) is 0 Å². The zero-order chi connectivity index (χ0) is 24.0. The Labute approximate surface area is 203 Å². The maximum absolute atomic E-state index is 12.8. The molecule has 1 fully saturated rings. The van der Waals surface area contributed by atoms with E-state index in [2.05, 4.69) is 10.0 Å². The van der Waals surface area contributed by atoms with Crippen molar-refractivity contribution in [3.63, 3.8) is 0 Å². The number of halogens is 2. The van der Waals surface area contributed by atoms with Crippen LogP contribution in [0.15, 0.2) is 35.2 Å². The second-order valence-corrected chi connectivity index (χ2v) is 9.99. The zero-order valence-electron chi connectivity index (χ0n) is 18.3. The predicted molar refractivity (Wildman–Crippen MR) is 126 cm³/mol. The molecule has 2 aromatic rings.